The van der Waals surface area contributed by atoms with Crippen molar-refractivity contribution < 1.29 is 4.79 Å². The Morgan fingerprint density at radius 2 is 2.04 bits per heavy atom. The van der Waals surface area contributed by atoms with Gasteiger partial charge in [0.05, 0.1) is 29.7 Å². The molecule has 0 aliphatic rings. The number of rotatable bonds is 6. The number of nitrogens with one attached hydrogen (secondary N) is 2. The number of carbonyl (C=O) groups excluding carboxylic acids is 1. The second-order valence-electron chi connectivity index (χ2n) is 5.59. The molecular weight excluding hydrogens is 302 g/mol. The van der Waals surface area contributed by atoms with Crippen LogP contribution in [0.4, 0.5) is 0 Å². The van der Waals surface area contributed by atoms with E-state index in [4.69, 9.17) is 0 Å². The highest BCUT2D eigenvalue weighted by atomic mass is 16.1. The number of aromatic nitrogens is 4. The van der Waals surface area contributed by atoms with Crippen LogP contribution in [0.2, 0.25) is 0 Å². The number of aromatic amines is 1. The highest BCUT2D eigenvalue weighted by Crippen LogP contribution is 2.22. The molecule has 6 heteroatoms. The number of aryl methyl sites for hydroxylation is 1. The van der Waals surface area contributed by atoms with Crippen LogP contribution in [0.25, 0.3) is 11.3 Å². The Morgan fingerprint density at radius 1 is 1.25 bits per heavy atom. The molecule has 0 fully saturated rings. The summed E-state index contributed by atoms with van der Waals surface area (Å²) in [5.41, 5.74) is 3.22. The third kappa shape index (κ3) is 3.22. The van der Waals surface area contributed by atoms with Gasteiger partial charge in [-0.3, -0.25) is 14.6 Å². The van der Waals surface area contributed by atoms with Gasteiger partial charge in [0.1, 0.15) is 0 Å². The lowest BCUT2D eigenvalue weighted by Crippen LogP contribution is -2.28. The third-order valence-corrected chi connectivity index (χ3v) is 4.04. The summed E-state index contributed by atoms with van der Waals surface area (Å²) in [6.45, 7) is 4.89. The lowest BCUT2D eigenvalue weighted by atomic mass is 10.1. The molecule has 124 valence electrons. The quantitative estimate of drug-likeness (QED) is 0.731. The van der Waals surface area contributed by atoms with E-state index in [2.05, 4.69) is 20.6 Å². The van der Waals surface area contributed by atoms with Crippen LogP contribution < -0.4 is 5.32 Å². The molecule has 0 spiro atoms. The number of benzene rings is 1. The van der Waals surface area contributed by atoms with Crippen LogP contribution >= 0.6 is 0 Å². The summed E-state index contributed by atoms with van der Waals surface area (Å²) >= 11 is 0. The van der Waals surface area contributed by atoms with Crippen LogP contribution in [0.5, 0.6) is 0 Å². The number of H-pyrrole nitrogens is 1. The van der Waals surface area contributed by atoms with E-state index in [1.165, 1.54) is 0 Å². The van der Waals surface area contributed by atoms with E-state index >= 15 is 0 Å². The van der Waals surface area contributed by atoms with E-state index in [1.807, 2.05) is 61.3 Å². The van der Waals surface area contributed by atoms with Crippen LogP contribution in [0, 0.1) is 0 Å². The first-order valence-corrected chi connectivity index (χ1v) is 8.15. The second-order valence-corrected chi connectivity index (χ2v) is 5.59. The fraction of sp³-hybridized carbons (Fsp3) is 0.278. The average Bonchev–Trinajstić information content (AvgIpc) is 3.29. The van der Waals surface area contributed by atoms with E-state index in [1.54, 1.807) is 6.20 Å². The molecule has 0 saturated carbocycles. The molecule has 0 saturated heterocycles. The van der Waals surface area contributed by atoms with Gasteiger partial charge in [0, 0.05) is 23.9 Å². The minimum absolute atomic E-state index is 0.0728. The van der Waals surface area contributed by atoms with Crippen molar-refractivity contribution >= 4 is 5.91 Å². The predicted molar refractivity (Wildman–Crippen MR) is 92.4 cm³/mol. The monoisotopic (exact) mass is 323 g/mol. The SMILES string of the molecule is CC[C@@H](NC(=O)c1cn[nH]c1-c1ccccc1)c1cnn(CC)c1. The van der Waals surface area contributed by atoms with Gasteiger partial charge in [-0.1, -0.05) is 37.3 Å². The standard InChI is InChI=1S/C18H21N5O/c1-3-16(14-10-20-23(4-2)12-14)21-18(24)15-11-19-22-17(15)13-8-6-5-7-9-13/h5-12,16H,3-4H2,1-2H3,(H,19,22)(H,21,24)/t16-/m1/s1. The minimum atomic E-state index is -0.140. The van der Waals surface area contributed by atoms with Crippen molar-refractivity contribution in [2.75, 3.05) is 0 Å². The van der Waals surface area contributed by atoms with Gasteiger partial charge in [0.2, 0.25) is 0 Å². The summed E-state index contributed by atoms with van der Waals surface area (Å²) in [4.78, 5) is 12.7. The Morgan fingerprint density at radius 3 is 2.71 bits per heavy atom. The number of carbonyl (C=O) groups is 1. The highest BCUT2D eigenvalue weighted by Gasteiger charge is 2.19. The zero-order chi connectivity index (χ0) is 16.9. The lowest BCUT2D eigenvalue weighted by molar-refractivity contribution is 0.0936. The van der Waals surface area contributed by atoms with Crippen molar-refractivity contribution in [3.05, 3.63) is 60.0 Å². The Labute approximate surface area is 140 Å². The first kappa shape index (κ1) is 16.0. The first-order chi connectivity index (χ1) is 11.7. The maximum atomic E-state index is 12.7. The van der Waals surface area contributed by atoms with Gasteiger partial charge in [0.25, 0.3) is 5.91 Å². The zero-order valence-electron chi connectivity index (χ0n) is 13.9. The molecule has 24 heavy (non-hydrogen) atoms. The van der Waals surface area contributed by atoms with Gasteiger partial charge in [-0.15, -0.1) is 0 Å². The molecule has 0 radical (unpaired) electrons. The molecule has 0 unspecified atom stereocenters. The Hall–Kier alpha value is -2.89. The van der Waals surface area contributed by atoms with Crippen LogP contribution in [0.3, 0.4) is 0 Å². The van der Waals surface area contributed by atoms with Crippen molar-refractivity contribution in [2.45, 2.75) is 32.9 Å². The van der Waals surface area contributed by atoms with Gasteiger partial charge in [-0.2, -0.15) is 10.2 Å². The van der Waals surface area contributed by atoms with E-state index in [0.29, 0.717) is 5.56 Å². The van der Waals surface area contributed by atoms with Gasteiger partial charge in [-0.25, -0.2) is 0 Å². The molecule has 1 atom stereocenters. The number of hydrogen-bond donors (Lipinski definition) is 2. The summed E-state index contributed by atoms with van der Waals surface area (Å²) in [6.07, 6.45) is 6.15. The number of nitrogens with zero attached hydrogens (tertiary/aromatic N) is 3. The summed E-state index contributed by atoms with van der Waals surface area (Å²) in [5.74, 6) is -0.140. The maximum absolute atomic E-state index is 12.7. The van der Waals surface area contributed by atoms with Crippen molar-refractivity contribution in [3.8, 4) is 11.3 Å². The molecule has 0 aliphatic carbocycles. The van der Waals surface area contributed by atoms with E-state index < -0.39 is 0 Å². The van der Waals surface area contributed by atoms with Crippen molar-refractivity contribution in [1.29, 1.82) is 0 Å². The molecule has 1 aromatic carbocycles. The van der Waals surface area contributed by atoms with Gasteiger partial charge in [-0.05, 0) is 13.3 Å². The average molecular weight is 323 g/mol. The van der Waals surface area contributed by atoms with Gasteiger partial charge < -0.3 is 5.32 Å². The fourth-order valence-electron chi connectivity index (χ4n) is 2.67. The molecule has 1 amide bonds. The molecular formula is C18H21N5O. The molecule has 3 rings (SSSR count). The molecule has 3 aromatic rings. The molecule has 2 heterocycles. The van der Waals surface area contributed by atoms with Crippen LogP contribution in [-0.2, 0) is 6.54 Å². The van der Waals surface area contributed by atoms with Crippen molar-refractivity contribution in [2.24, 2.45) is 0 Å². The van der Waals surface area contributed by atoms with Gasteiger partial charge >= 0.3 is 0 Å². The number of amides is 1. The van der Waals surface area contributed by atoms with E-state index in [9.17, 15) is 4.79 Å². The van der Waals surface area contributed by atoms with Gasteiger partial charge in [0.15, 0.2) is 0 Å². The van der Waals surface area contributed by atoms with Crippen LogP contribution in [0.15, 0.2) is 48.9 Å². The second kappa shape index (κ2) is 7.12. The number of hydrogen-bond acceptors (Lipinski definition) is 3. The summed E-state index contributed by atoms with van der Waals surface area (Å²) in [6, 6.07) is 9.64. The summed E-state index contributed by atoms with van der Waals surface area (Å²) in [5, 5.41) is 14.3. The highest BCUT2D eigenvalue weighted by molar-refractivity contribution is 5.99. The maximum Gasteiger partial charge on any atom is 0.255 e. The van der Waals surface area contributed by atoms with Crippen molar-refractivity contribution in [3.63, 3.8) is 0 Å². The smallest absolute Gasteiger partial charge is 0.255 e. The first-order valence-electron chi connectivity index (χ1n) is 8.15. The molecule has 6 nitrogen and oxygen atoms in total. The lowest BCUT2D eigenvalue weighted by Gasteiger charge is -2.15. The zero-order valence-corrected chi connectivity index (χ0v) is 13.9. The Bertz CT molecular complexity index is 806. The Balaban J connectivity index is 1.81. The van der Waals surface area contributed by atoms with Crippen LogP contribution in [0.1, 0.15) is 42.2 Å². The molecule has 2 aromatic heterocycles. The molecule has 0 aliphatic heterocycles. The normalized spacial score (nSPS) is 12.1. The van der Waals surface area contributed by atoms with E-state index in [-0.39, 0.29) is 11.9 Å². The predicted octanol–water partition coefficient (Wildman–Crippen LogP) is 3.17. The molecule has 0 bridgehead atoms. The summed E-state index contributed by atoms with van der Waals surface area (Å²) < 4.78 is 1.86. The topological polar surface area (TPSA) is 75.6 Å². The van der Waals surface area contributed by atoms with E-state index in [0.717, 1.165) is 29.8 Å². The third-order valence-electron chi connectivity index (χ3n) is 4.04. The minimum Gasteiger partial charge on any atom is -0.345 e. The Kier molecular flexibility index (Phi) is 4.74. The van der Waals surface area contributed by atoms with Crippen molar-refractivity contribution in [1.82, 2.24) is 25.3 Å². The molecule has 2 N–H and O–H groups in total. The van der Waals surface area contributed by atoms with Crippen LogP contribution in [-0.4, -0.2) is 25.9 Å². The summed E-state index contributed by atoms with van der Waals surface area (Å²) in [7, 11) is 0. The largest absolute Gasteiger partial charge is 0.345 e. The fourth-order valence-corrected chi connectivity index (χ4v) is 2.67.